The second-order valence-electron chi connectivity index (χ2n) is 4.52. The lowest BCUT2D eigenvalue weighted by Gasteiger charge is -2.18. The Morgan fingerprint density at radius 2 is 2.25 bits per heavy atom. The molecule has 1 saturated heterocycles. The maximum Gasteiger partial charge on any atom is 0.338 e. The molecule has 7 nitrogen and oxygen atoms in total. The number of carboxylic acid groups (broad SMARTS) is 1. The molecule has 1 unspecified atom stereocenters. The number of benzene rings is 1. The SMILES string of the molecule is O=C(O)c1cc([N+](=O)[O-])ccc1N1CC(CS)CC1=O. The van der Waals surface area contributed by atoms with E-state index in [0.29, 0.717) is 18.7 Å². The van der Waals surface area contributed by atoms with Crippen LogP contribution in [0, 0.1) is 16.0 Å². The van der Waals surface area contributed by atoms with Gasteiger partial charge in [-0.25, -0.2) is 4.79 Å². The van der Waals surface area contributed by atoms with Gasteiger partial charge in [0.1, 0.15) is 0 Å². The third-order valence-electron chi connectivity index (χ3n) is 3.18. The van der Waals surface area contributed by atoms with Crippen molar-refractivity contribution in [1.82, 2.24) is 0 Å². The molecule has 1 aromatic rings. The number of nitro groups is 1. The molecule has 1 heterocycles. The van der Waals surface area contributed by atoms with Gasteiger partial charge in [-0.3, -0.25) is 14.9 Å². The van der Waals surface area contributed by atoms with Gasteiger partial charge in [-0.2, -0.15) is 12.6 Å². The Morgan fingerprint density at radius 1 is 1.55 bits per heavy atom. The van der Waals surface area contributed by atoms with Crippen LogP contribution in [0.5, 0.6) is 0 Å². The number of carbonyl (C=O) groups excluding carboxylic acids is 1. The van der Waals surface area contributed by atoms with Crippen LogP contribution in [0.4, 0.5) is 11.4 Å². The lowest BCUT2D eigenvalue weighted by Crippen LogP contribution is -2.26. The summed E-state index contributed by atoms with van der Waals surface area (Å²) in [6.07, 6.45) is 0.305. The van der Waals surface area contributed by atoms with Crippen LogP contribution < -0.4 is 4.90 Å². The van der Waals surface area contributed by atoms with E-state index in [2.05, 4.69) is 12.6 Å². The molecule has 1 atom stereocenters. The van der Waals surface area contributed by atoms with Crippen LogP contribution in [-0.2, 0) is 4.79 Å². The van der Waals surface area contributed by atoms with Crippen molar-refractivity contribution in [3.8, 4) is 0 Å². The molecule has 8 heteroatoms. The number of non-ortho nitro benzene ring substituents is 1. The Labute approximate surface area is 119 Å². The fourth-order valence-corrected chi connectivity index (χ4v) is 2.43. The fourth-order valence-electron chi connectivity index (χ4n) is 2.18. The summed E-state index contributed by atoms with van der Waals surface area (Å²) in [4.78, 5) is 34.5. The molecule has 0 bridgehead atoms. The third-order valence-corrected chi connectivity index (χ3v) is 3.69. The van der Waals surface area contributed by atoms with Gasteiger partial charge in [0.2, 0.25) is 5.91 Å². The van der Waals surface area contributed by atoms with Gasteiger partial charge >= 0.3 is 5.97 Å². The molecule has 20 heavy (non-hydrogen) atoms. The monoisotopic (exact) mass is 296 g/mol. The molecule has 0 aliphatic carbocycles. The topological polar surface area (TPSA) is 101 Å². The summed E-state index contributed by atoms with van der Waals surface area (Å²) in [5.41, 5.74) is -0.367. The van der Waals surface area contributed by atoms with Crippen molar-refractivity contribution in [2.24, 2.45) is 5.92 Å². The molecule has 2 rings (SSSR count). The quantitative estimate of drug-likeness (QED) is 0.499. The molecule has 1 fully saturated rings. The number of nitro benzene ring substituents is 1. The summed E-state index contributed by atoms with van der Waals surface area (Å²) in [6, 6.07) is 3.47. The molecular formula is C12H12N2O5S. The number of aromatic carboxylic acids is 1. The van der Waals surface area contributed by atoms with Crippen molar-refractivity contribution in [2.45, 2.75) is 6.42 Å². The van der Waals surface area contributed by atoms with Gasteiger partial charge in [0.25, 0.3) is 5.69 Å². The highest BCUT2D eigenvalue weighted by atomic mass is 32.1. The normalized spacial score (nSPS) is 18.4. The number of nitrogens with zero attached hydrogens (tertiary/aromatic N) is 2. The average Bonchev–Trinajstić information content (AvgIpc) is 2.79. The van der Waals surface area contributed by atoms with Crippen molar-refractivity contribution >= 4 is 35.9 Å². The highest BCUT2D eigenvalue weighted by molar-refractivity contribution is 7.80. The first kappa shape index (κ1) is 14.3. The highest BCUT2D eigenvalue weighted by Gasteiger charge is 2.32. The summed E-state index contributed by atoms with van der Waals surface area (Å²) >= 11 is 4.13. The number of carboxylic acids is 1. The first-order chi connectivity index (χ1) is 9.43. The minimum atomic E-state index is -1.30. The molecule has 1 amide bonds. The maximum atomic E-state index is 11.9. The second-order valence-corrected chi connectivity index (χ2v) is 4.89. The van der Waals surface area contributed by atoms with Crippen LogP contribution in [0.3, 0.4) is 0 Å². The van der Waals surface area contributed by atoms with Crippen molar-refractivity contribution in [2.75, 3.05) is 17.2 Å². The van der Waals surface area contributed by atoms with Crippen LogP contribution in [-0.4, -0.2) is 34.2 Å². The van der Waals surface area contributed by atoms with Gasteiger partial charge in [0.05, 0.1) is 16.2 Å². The first-order valence-electron chi connectivity index (χ1n) is 5.87. The van der Waals surface area contributed by atoms with Crippen LogP contribution in [0.25, 0.3) is 0 Å². The third kappa shape index (κ3) is 2.60. The number of carbonyl (C=O) groups is 2. The van der Waals surface area contributed by atoms with Gasteiger partial charge in [-0.05, 0) is 17.7 Å². The first-order valence-corrected chi connectivity index (χ1v) is 6.50. The summed E-state index contributed by atoms with van der Waals surface area (Å²) < 4.78 is 0. The van der Waals surface area contributed by atoms with Gasteiger partial charge in [-0.1, -0.05) is 0 Å². The van der Waals surface area contributed by atoms with E-state index < -0.39 is 10.9 Å². The largest absolute Gasteiger partial charge is 0.478 e. The van der Waals surface area contributed by atoms with E-state index in [4.69, 9.17) is 5.11 Å². The standard InChI is InChI=1S/C12H12N2O5S/c15-11-3-7(6-20)5-13(11)10-2-1-8(14(18)19)4-9(10)12(16)17/h1-2,4,7,20H,3,5-6H2,(H,16,17). The van der Waals surface area contributed by atoms with E-state index >= 15 is 0 Å². The van der Waals surface area contributed by atoms with Crippen LogP contribution in [0.1, 0.15) is 16.8 Å². The van der Waals surface area contributed by atoms with Crippen molar-refractivity contribution in [1.29, 1.82) is 0 Å². The molecule has 1 N–H and O–H groups in total. The van der Waals surface area contributed by atoms with Crippen molar-refractivity contribution in [3.05, 3.63) is 33.9 Å². The number of hydrogen-bond acceptors (Lipinski definition) is 5. The molecule has 106 valence electrons. The minimum absolute atomic E-state index is 0.0580. The molecule has 0 saturated carbocycles. The number of thiol groups is 1. The molecule has 1 aliphatic heterocycles. The summed E-state index contributed by atoms with van der Waals surface area (Å²) in [6.45, 7) is 0.375. The Morgan fingerprint density at radius 3 is 2.75 bits per heavy atom. The number of hydrogen-bond donors (Lipinski definition) is 2. The van der Waals surface area contributed by atoms with E-state index in [0.717, 1.165) is 6.07 Å². The van der Waals surface area contributed by atoms with Gasteiger partial charge in [0.15, 0.2) is 0 Å². The van der Waals surface area contributed by atoms with E-state index in [-0.39, 0.29) is 28.8 Å². The number of anilines is 1. The van der Waals surface area contributed by atoms with Gasteiger partial charge in [-0.15, -0.1) is 0 Å². The second kappa shape index (κ2) is 5.49. The predicted molar refractivity (Wildman–Crippen MR) is 74.4 cm³/mol. The van der Waals surface area contributed by atoms with Crippen LogP contribution in [0.2, 0.25) is 0 Å². The lowest BCUT2D eigenvalue weighted by atomic mass is 10.1. The molecular weight excluding hydrogens is 284 g/mol. The zero-order valence-corrected chi connectivity index (χ0v) is 11.2. The van der Waals surface area contributed by atoms with E-state index in [9.17, 15) is 19.7 Å². The van der Waals surface area contributed by atoms with E-state index in [1.807, 2.05) is 0 Å². The zero-order valence-electron chi connectivity index (χ0n) is 10.4. The van der Waals surface area contributed by atoms with Crippen molar-refractivity contribution in [3.63, 3.8) is 0 Å². The van der Waals surface area contributed by atoms with Crippen molar-refractivity contribution < 1.29 is 19.6 Å². The fraction of sp³-hybridized carbons (Fsp3) is 0.333. The maximum absolute atomic E-state index is 11.9. The summed E-state index contributed by atoms with van der Waals surface area (Å²) in [5.74, 6) is -0.911. The Balaban J connectivity index is 2.44. The van der Waals surface area contributed by atoms with Crippen LogP contribution in [0.15, 0.2) is 18.2 Å². The van der Waals surface area contributed by atoms with E-state index in [1.165, 1.54) is 17.0 Å². The molecule has 0 spiro atoms. The van der Waals surface area contributed by atoms with Crippen LogP contribution >= 0.6 is 12.6 Å². The Hall–Kier alpha value is -2.09. The molecule has 0 aromatic heterocycles. The van der Waals surface area contributed by atoms with E-state index in [1.54, 1.807) is 0 Å². The Bertz CT molecular complexity index is 589. The number of amides is 1. The smallest absolute Gasteiger partial charge is 0.338 e. The zero-order chi connectivity index (χ0) is 14.9. The highest BCUT2D eigenvalue weighted by Crippen LogP contribution is 2.31. The minimum Gasteiger partial charge on any atom is -0.478 e. The Kier molecular flexibility index (Phi) is 3.93. The number of rotatable bonds is 4. The molecule has 1 aliphatic rings. The summed E-state index contributed by atoms with van der Waals surface area (Å²) in [5, 5.41) is 19.9. The lowest BCUT2D eigenvalue weighted by molar-refractivity contribution is -0.384. The summed E-state index contributed by atoms with van der Waals surface area (Å²) in [7, 11) is 0. The predicted octanol–water partition coefficient (Wildman–Crippen LogP) is 1.58. The average molecular weight is 296 g/mol. The van der Waals surface area contributed by atoms with Gasteiger partial charge < -0.3 is 10.0 Å². The molecule has 1 aromatic carbocycles. The van der Waals surface area contributed by atoms with Gasteiger partial charge in [0, 0.05) is 25.1 Å². The molecule has 0 radical (unpaired) electrons.